The third-order valence-corrected chi connectivity index (χ3v) is 10.7. The van der Waals surface area contributed by atoms with E-state index in [1.807, 2.05) is 0 Å². The van der Waals surface area contributed by atoms with Gasteiger partial charge in [0.2, 0.25) is 0 Å². The molecule has 4 rings (SSSR count). The van der Waals surface area contributed by atoms with E-state index in [1.54, 1.807) is 0 Å². The zero-order chi connectivity index (χ0) is 22.8. The maximum atomic E-state index is 11.5. The van der Waals surface area contributed by atoms with Crippen molar-refractivity contribution in [3.8, 4) is 12.3 Å². The molecule has 4 fully saturated rings. The van der Waals surface area contributed by atoms with Crippen LogP contribution in [-0.2, 0) is 4.79 Å². The molecule has 31 heavy (non-hydrogen) atoms. The highest BCUT2D eigenvalue weighted by atomic mass is 16.4. The first-order valence-corrected chi connectivity index (χ1v) is 12.2. The van der Waals surface area contributed by atoms with E-state index in [-0.39, 0.29) is 52.8 Å². The Morgan fingerprint density at radius 3 is 2.52 bits per heavy atom. The van der Waals surface area contributed by atoms with Crippen molar-refractivity contribution in [3.63, 3.8) is 0 Å². The van der Waals surface area contributed by atoms with E-state index in [2.05, 4.69) is 26.7 Å². The lowest BCUT2D eigenvalue weighted by Crippen LogP contribution is -2.63. The first-order chi connectivity index (χ1) is 14.5. The molecule has 0 radical (unpaired) electrons. The Morgan fingerprint density at radius 2 is 1.87 bits per heavy atom. The predicted molar refractivity (Wildman–Crippen MR) is 118 cm³/mol. The van der Waals surface area contributed by atoms with E-state index in [9.17, 15) is 20.1 Å². The molecular formula is C26H40O5. The van der Waals surface area contributed by atoms with Gasteiger partial charge in [-0.05, 0) is 97.7 Å². The second-order valence-electron chi connectivity index (χ2n) is 11.9. The van der Waals surface area contributed by atoms with Gasteiger partial charge in [-0.15, -0.1) is 6.42 Å². The minimum Gasteiger partial charge on any atom is -0.481 e. The fraction of sp³-hybridized carbons (Fsp3) is 0.885. The fourth-order valence-corrected chi connectivity index (χ4v) is 8.83. The van der Waals surface area contributed by atoms with Crippen LogP contribution >= 0.6 is 0 Å². The predicted octanol–water partition coefficient (Wildman–Crippen LogP) is 3.45. The smallest absolute Gasteiger partial charge is 0.303 e. The Balaban J connectivity index is 1.61. The maximum Gasteiger partial charge on any atom is 0.303 e. The Hall–Kier alpha value is -1.09. The number of fused-ring (bicyclic) bond motifs is 5. The van der Waals surface area contributed by atoms with E-state index in [4.69, 9.17) is 11.5 Å². The third-order valence-electron chi connectivity index (χ3n) is 10.7. The molecule has 0 aliphatic heterocycles. The third kappa shape index (κ3) is 3.45. The molecule has 174 valence electrons. The average molecular weight is 433 g/mol. The van der Waals surface area contributed by atoms with Gasteiger partial charge in [0.15, 0.2) is 0 Å². The molecule has 0 aromatic rings. The summed E-state index contributed by atoms with van der Waals surface area (Å²) >= 11 is 0. The maximum absolute atomic E-state index is 11.5. The number of carbonyl (C=O) groups is 1. The van der Waals surface area contributed by atoms with Crippen molar-refractivity contribution >= 4 is 5.97 Å². The van der Waals surface area contributed by atoms with E-state index in [0.717, 1.165) is 19.3 Å². The highest BCUT2D eigenvalue weighted by Gasteiger charge is 2.66. The Labute approximate surface area is 186 Å². The molecule has 11 atom stereocenters. The topological polar surface area (TPSA) is 98.0 Å². The molecule has 5 heteroatoms. The summed E-state index contributed by atoms with van der Waals surface area (Å²) in [4.78, 5) is 11.1. The molecule has 5 nitrogen and oxygen atoms in total. The lowest BCUT2D eigenvalue weighted by atomic mass is 9.42. The standard InChI is InChI=1S/C26H40O5/c1-5-26(31)11-10-24(3)16(14-26)12-20(27)23-18-8-7-17(15(2)6-9-22(29)30)25(18,4)21(28)13-19(23)24/h1,15-21,23,27-28,31H,6-14H2,2-4H3,(H,29,30). The number of hydrogen-bond acceptors (Lipinski definition) is 4. The molecule has 11 unspecified atom stereocenters. The minimum atomic E-state index is -1.07. The number of carboxylic acid groups (broad SMARTS) is 1. The minimum absolute atomic E-state index is 0.0255. The molecule has 0 bridgehead atoms. The number of aliphatic carboxylic acids is 1. The Morgan fingerprint density at radius 1 is 1.16 bits per heavy atom. The van der Waals surface area contributed by atoms with Crippen molar-refractivity contribution in [1.82, 2.24) is 0 Å². The number of hydrogen-bond donors (Lipinski definition) is 4. The van der Waals surface area contributed by atoms with E-state index in [0.29, 0.717) is 32.1 Å². The monoisotopic (exact) mass is 432 g/mol. The fourth-order valence-electron chi connectivity index (χ4n) is 8.83. The van der Waals surface area contributed by atoms with Crippen molar-refractivity contribution in [3.05, 3.63) is 0 Å². The van der Waals surface area contributed by atoms with Crippen LogP contribution in [-0.4, -0.2) is 44.2 Å². The molecule has 0 aromatic heterocycles. The number of rotatable bonds is 4. The first-order valence-electron chi connectivity index (χ1n) is 12.2. The molecule has 0 spiro atoms. The van der Waals surface area contributed by atoms with Gasteiger partial charge in [-0.1, -0.05) is 26.7 Å². The molecule has 4 aliphatic carbocycles. The largest absolute Gasteiger partial charge is 0.481 e. The van der Waals surface area contributed by atoms with Crippen molar-refractivity contribution in [2.45, 2.75) is 96.4 Å². The van der Waals surface area contributed by atoms with Crippen molar-refractivity contribution in [2.24, 2.45) is 46.3 Å². The summed E-state index contributed by atoms with van der Waals surface area (Å²) in [5, 5.41) is 42.8. The summed E-state index contributed by atoms with van der Waals surface area (Å²) in [6, 6.07) is 0. The van der Waals surface area contributed by atoms with Crippen LogP contribution in [0.2, 0.25) is 0 Å². The quantitative estimate of drug-likeness (QED) is 0.510. The Kier molecular flexibility index (Phi) is 5.77. The van der Waals surface area contributed by atoms with Crippen LogP contribution in [0.15, 0.2) is 0 Å². The summed E-state index contributed by atoms with van der Waals surface area (Å²) in [5.74, 6) is 3.15. The summed E-state index contributed by atoms with van der Waals surface area (Å²) in [6.07, 6.45) is 10.8. The number of terminal acetylenes is 1. The van der Waals surface area contributed by atoms with Crippen LogP contribution in [0.5, 0.6) is 0 Å². The molecule has 4 saturated carbocycles. The van der Waals surface area contributed by atoms with Crippen LogP contribution in [0.3, 0.4) is 0 Å². The molecule has 0 saturated heterocycles. The molecular weight excluding hydrogens is 392 g/mol. The van der Waals surface area contributed by atoms with E-state index < -0.39 is 23.8 Å². The highest BCUT2D eigenvalue weighted by Crippen LogP contribution is 2.68. The summed E-state index contributed by atoms with van der Waals surface area (Å²) in [7, 11) is 0. The van der Waals surface area contributed by atoms with Crippen LogP contribution < -0.4 is 0 Å². The van der Waals surface area contributed by atoms with Crippen LogP contribution in [0.25, 0.3) is 0 Å². The van der Waals surface area contributed by atoms with Gasteiger partial charge >= 0.3 is 5.97 Å². The van der Waals surface area contributed by atoms with Gasteiger partial charge in [0, 0.05) is 6.42 Å². The van der Waals surface area contributed by atoms with Gasteiger partial charge in [0.25, 0.3) is 0 Å². The van der Waals surface area contributed by atoms with E-state index >= 15 is 0 Å². The SMILES string of the molecule is C#CC1(O)CCC2(C)C(CC(O)C3C2CC(O)C2(C)C(C(C)CCC(=O)O)CCC32)C1. The van der Waals surface area contributed by atoms with Gasteiger partial charge in [-0.2, -0.15) is 0 Å². The van der Waals surface area contributed by atoms with Gasteiger partial charge in [-0.3, -0.25) is 4.79 Å². The van der Waals surface area contributed by atoms with E-state index in [1.165, 1.54) is 0 Å². The van der Waals surface area contributed by atoms with Gasteiger partial charge < -0.3 is 20.4 Å². The van der Waals surface area contributed by atoms with Gasteiger partial charge in [-0.25, -0.2) is 0 Å². The van der Waals surface area contributed by atoms with Gasteiger partial charge in [0.05, 0.1) is 12.2 Å². The number of aliphatic hydroxyl groups is 3. The van der Waals surface area contributed by atoms with Crippen molar-refractivity contribution < 1.29 is 25.2 Å². The Bertz CT molecular complexity index is 759. The van der Waals surface area contributed by atoms with Crippen molar-refractivity contribution in [2.75, 3.05) is 0 Å². The van der Waals surface area contributed by atoms with Crippen LogP contribution in [0, 0.1) is 58.7 Å². The normalized spacial score (nSPS) is 52.4. The number of aliphatic hydroxyl groups excluding tert-OH is 2. The second kappa shape index (κ2) is 7.75. The summed E-state index contributed by atoms with van der Waals surface area (Å²) in [5.41, 5.74) is -1.38. The molecule has 0 aromatic carbocycles. The summed E-state index contributed by atoms with van der Waals surface area (Å²) in [6.45, 7) is 6.64. The van der Waals surface area contributed by atoms with Crippen molar-refractivity contribution in [1.29, 1.82) is 0 Å². The zero-order valence-electron chi connectivity index (χ0n) is 19.3. The molecule has 4 aliphatic rings. The van der Waals surface area contributed by atoms with Gasteiger partial charge in [0.1, 0.15) is 5.60 Å². The average Bonchev–Trinajstić information content (AvgIpc) is 3.07. The highest BCUT2D eigenvalue weighted by molar-refractivity contribution is 5.66. The molecule has 0 heterocycles. The lowest BCUT2D eigenvalue weighted by molar-refractivity contribution is -0.211. The first kappa shape index (κ1) is 23.1. The molecule has 0 amide bonds. The second-order valence-corrected chi connectivity index (χ2v) is 11.9. The molecule has 4 N–H and O–H groups in total. The zero-order valence-corrected chi connectivity index (χ0v) is 19.3. The number of carboxylic acids is 1. The van der Waals surface area contributed by atoms with Crippen LogP contribution in [0.4, 0.5) is 0 Å². The van der Waals surface area contributed by atoms with Crippen LogP contribution in [0.1, 0.15) is 78.6 Å². The summed E-state index contributed by atoms with van der Waals surface area (Å²) < 4.78 is 0. The lowest BCUT2D eigenvalue weighted by Gasteiger charge is -2.64.